The van der Waals surface area contributed by atoms with Gasteiger partial charge in [-0.05, 0) is 24.0 Å². The molecule has 0 radical (unpaired) electrons. The van der Waals surface area contributed by atoms with Crippen molar-refractivity contribution in [3.05, 3.63) is 71.8 Å². The molecule has 1 atom stereocenters. The van der Waals surface area contributed by atoms with Crippen LogP contribution in [0.15, 0.2) is 70.6 Å². The standard InChI is InChI=1S/C21H22N2O2/c24-16-22-15-9-3-8-14-20(23-17-25)21(18-10-4-1-5-11-18)19-12-6-2-7-13-19/h1-2,4-7,10-13,20-21H,3,8-9,14-15H2. The Morgan fingerprint density at radius 3 is 1.88 bits per heavy atom. The molecule has 2 aromatic carbocycles. The molecule has 2 rings (SSSR count). The number of aliphatic imine (C=N–C) groups is 2. The molecule has 0 amide bonds. The van der Waals surface area contributed by atoms with Crippen LogP contribution >= 0.6 is 0 Å². The Hall–Kier alpha value is -2.80. The van der Waals surface area contributed by atoms with E-state index in [1.165, 1.54) is 0 Å². The van der Waals surface area contributed by atoms with E-state index in [0.717, 1.165) is 36.8 Å². The van der Waals surface area contributed by atoms with Gasteiger partial charge in [0, 0.05) is 5.92 Å². The third kappa shape index (κ3) is 5.96. The zero-order valence-corrected chi connectivity index (χ0v) is 14.2. The van der Waals surface area contributed by atoms with Crippen molar-refractivity contribution in [1.82, 2.24) is 0 Å². The van der Waals surface area contributed by atoms with Crippen LogP contribution in [0, 0.1) is 0 Å². The molecule has 25 heavy (non-hydrogen) atoms. The van der Waals surface area contributed by atoms with Gasteiger partial charge >= 0.3 is 0 Å². The van der Waals surface area contributed by atoms with E-state index in [9.17, 15) is 9.59 Å². The van der Waals surface area contributed by atoms with Crippen molar-refractivity contribution >= 4 is 12.2 Å². The van der Waals surface area contributed by atoms with E-state index in [-0.39, 0.29) is 12.0 Å². The Labute approximate surface area is 148 Å². The SMILES string of the molecule is O=C=NCCCCCC(N=C=O)C(c1ccccc1)c1ccccc1. The largest absolute Gasteiger partial charge is 0.235 e. The van der Waals surface area contributed by atoms with Crippen LogP contribution in [0.4, 0.5) is 0 Å². The maximum atomic E-state index is 11.0. The molecule has 0 aliphatic heterocycles. The lowest BCUT2D eigenvalue weighted by Crippen LogP contribution is -2.18. The number of rotatable bonds is 10. The summed E-state index contributed by atoms with van der Waals surface area (Å²) < 4.78 is 0. The van der Waals surface area contributed by atoms with Crippen LogP contribution in [-0.4, -0.2) is 24.7 Å². The second-order valence-corrected chi connectivity index (χ2v) is 5.91. The molecule has 0 saturated carbocycles. The second kappa shape index (κ2) is 10.9. The normalized spacial score (nSPS) is 11.4. The Kier molecular flexibility index (Phi) is 8.07. The number of carbonyl (C=O) groups excluding carboxylic acids is 2. The van der Waals surface area contributed by atoms with Crippen molar-refractivity contribution in [2.75, 3.05) is 6.54 Å². The van der Waals surface area contributed by atoms with Gasteiger partial charge in [0.2, 0.25) is 12.2 Å². The molecule has 0 saturated heterocycles. The number of nitrogens with zero attached hydrogens (tertiary/aromatic N) is 2. The summed E-state index contributed by atoms with van der Waals surface area (Å²) in [5.41, 5.74) is 2.28. The average Bonchev–Trinajstić information content (AvgIpc) is 2.66. The van der Waals surface area contributed by atoms with E-state index in [0.29, 0.717) is 6.54 Å². The maximum absolute atomic E-state index is 11.0. The lowest BCUT2D eigenvalue weighted by Gasteiger charge is -2.24. The van der Waals surface area contributed by atoms with E-state index >= 15 is 0 Å². The predicted octanol–water partition coefficient (Wildman–Crippen LogP) is 4.42. The van der Waals surface area contributed by atoms with Gasteiger partial charge < -0.3 is 0 Å². The number of isocyanates is 2. The van der Waals surface area contributed by atoms with Crippen molar-refractivity contribution in [1.29, 1.82) is 0 Å². The molecule has 0 heterocycles. The first-order chi connectivity index (χ1) is 12.4. The molecule has 0 aromatic heterocycles. The van der Waals surface area contributed by atoms with Crippen molar-refractivity contribution in [3.63, 3.8) is 0 Å². The number of benzene rings is 2. The quantitative estimate of drug-likeness (QED) is 0.367. The van der Waals surface area contributed by atoms with Gasteiger partial charge in [-0.15, -0.1) is 0 Å². The van der Waals surface area contributed by atoms with E-state index in [2.05, 4.69) is 34.3 Å². The van der Waals surface area contributed by atoms with Gasteiger partial charge in [0.15, 0.2) is 0 Å². The third-order valence-corrected chi connectivity index (χ3v) is 4.26. The van der Waals surface area contributed by atoms with Crippen molar-refractivity contribution < 1.29 is 9.59 Å². The van der Waals surface area contributed by atoms with E-state index in [1.807, 2.05) is 36.4 Å². The first-order valence-corrected chi connectivity index (χ1v) is 8.57. The first kappa shape index (κ1) is 18.5. The van der Waals surface area contributed by atoms with Crippen LogP contribution < -0.4 is 0 Å². The summed E-state index contributed by atoms with van der Waals surface area (Å²) in [6.07, 6.45) is 6.79. The summed E-state index contributed by atoms with van der Waals surface area (Å²) >= 11 is 0. The number of hydrogen-bond acceptors (Lipinski definition) is 4. The number of unbranched alkanes of at least 4 members (excludes halogenated alkanes) is 2. The summed E-state index contributed by atoms with van der Waals surface area (Å²) in [7, 11) is 0. The second-order valence-electron chi connectivity index (χ2n) is 5.91. The zero-order chi connectivity index (χ0) is 17.7. The fourth-order valence-electron chi connectivity index (χ4n) is 3.10. The summed E-state index contributed by atoms with van der Waals surface area (Å²) in [6, 6.07) is 20.1. The van der Waals surface area contributed by atoms with Crippen LogP contribution in [-0.2, 0) is 9.59 Å². The minimum atomic E-state index is -0.156. The van der Waals surface area contributed by atoms with Crippen LogP contribution in [0.2, 0.25) is 0 Å². The van der Waals surface area contributed by atoms with Gasteiger partial charge in [-0.3, -0.25) is 0 Å². The Balaban J connectivity index is 2.17. The van der Waals surface area contributed by atoms with Gasteiger partial charge in [0.05, 0.1) is 12.6 Å². The fraction of sp³-hybridized carbons (Fsp3) is 0.333. The first-order valence-electron chi connectivity index (χ1n) is 8.57. The highest BCUT2D eigenvalue weighted by molar-refractivity contribution is 5.39. The van der Waals surface area contributed by atoms with Crippen LogP contribution in [0.1, 0.15) is 42.7 Å². The van der Waals surface area contributed by atoms with Crippen molar-refractivity contribution in [2.45, 2.75) is 37.6 Å². The lowest BCUT2D eigenvalue weighted by molar-refractivity contribution is 0.502. The maximum Gasteiger partial charge on any atom is 0.235 e. The molecule has 0 spiro atoms. The van der Waals surface area contributed by atoms with E-state index in [4.69, 9.17) is 0 Å². The van der Waals surface area contributed by atoms with Crippen molar-refractivity contribution in [3.8, 4) is 0 Å². The number of hydrogen-bond donors (Lipinski definition) is 0. The summed E-state index contributed by atoms with van der Waals surface area (Å²) in [4.78, 5) is 28.8. The summed E-state index contributed by atoms with van der Waals surface area (Å²) in [5, 5.41) is 0. The van der Waals surface area contributed by atoms with E-state index in [1.54, 1.807) is 12.2 Å². The Bertz CT molecular complexity index is 679. The average molecular weight is 334 g/mol. The molecule has 4 heteroatoms. The van der Waals surface area contributed by atoms with Gasteiger partial charge in [0.1, 0.15) is 0 Å². The minimum Gasteiger partial charge on any atom is -0.211 e. The van der Waals surface area contributed by atoms with Crippen LogP contribution in [0.25, 0.3) is 0 Å². The fourth-order valence-corrected chi connectivity index (χ4v) is 3.10. The Morgan fingerprint density at radius 2 is 1.36 bits per heavy atom. The van der Waals surface area contributed by atoms with Gasteiger partial charge in [-0.25, -0.2) is 19.6 Å². The zero-order valence-electron chi connectivity index (χ0n) is 14.2. The molecular formula is C21H22N2O2. The highest BCUT2D eigenvalue weighted by Gasteiger charge is 2.24. The molecular weight excluding hydrogens is 312 g/mol. The van der Waals surface area contributed by atoms with Gasteiger partial charge in [-0.1, -0.05) is 73.5 Å². The molecule has 0 bridgehead atoms. The molecule has 0 N–H and O–H groups in total. The molecule has 1 unspecified atom stereocenters. The van der Waals surface area contributed by atoms with E-state index < -0.39 is 0 Å². The topological polar surface area (TPSA) is 58.9 Å². The summed E-state index contributed by atoms with van der Waals surface area (Å²) in [6.45, 7) is 0.506. The van der Waals surface area contributed by atoms with Crippen LogP contribution in [0.5, 0.6) is 0 Å². The lowest BCUT2D eigenvalue weighted by atomic mass is 9.83. The molecule has 2 aromatic rings. The smallest absolute Gasteiger partial charge is 0.211 e. The molecule has 128 valence electrons. The monoisotopic (exact) mass is 334 g/mol. The summed E-state index contributed by atoms with van der Waals surface area (Å²) in [5.74, 6) is 0.0249. The third-order valence-electron chi connectivity index (χ3n) is 4.26. The minimum absolute atomic E-state index is 0.0249. The highest BCUT2D eigenvalue weighted by Crippen LogP contribution is 2.32. The Morgan fingerprint density at radius 1 is 0.760 bits per heavy atom. The predicted molar refractivity (Wildman–Crippen MR) is 98.1 cm³/mol. The van der Waals surface area contributed by atoms with Crippen LogP contribution in [0.3, 0.4) is 0 Å². The van der Waals surface area contributed by atoms with Gasteiger partial charge in [-0.2, -0.15) is 0 Å². The highest BCUT2D eigenvalue weighted by atomic mass is 16.1. The molecule has 0 aliphatic rings. The van der Waals surface area contributed by atoms with Gasteiger partial charge in [0.25, 0.3) is 0 Å². The molecule has 4 nitrogen and oxygen atoms in total. The van der Waals surface area contributed by atoms with Crippen molar-refractivity contribution in [2.24, 2.45) is 9.98 Å². The molecule has 0 fully saturated rings. The molecule has 0 aliphatic carbocycles.